The van der Waals surface area contributed by atoms with E-state index in [0.29, 0.717) is 0 Å². The Labute approximate surface area is 326 Å². The number of nitrogens with one attached hydrogen (secondary N) is 2. The van der Waals surface area contributed by atoms with Crippen LogP contribution in [0.25, 0.3) is 0 Å². The van der Waals surface area contributed by atoms with E-state index < -0.39 is 0 Å². The van der Waals surface area contributed by atoms with Crippen LogP contribution in [-0.2, 0) is 9.47 Å². The van der Waals surface area contributed by atoms with Crippen LogP contribution in [0.1, 0.15) is 226 Å². The lowest BCUT2D eigenvalue weighted by molar-refractivity contribution is 0.125. The molecule has 0 amide bonds. The van der Waals surface area contributed by atoms with E-state index in [2.05, 4.69) is 48.8 Å². The van der Waals surface area contributed by atoms with Crippen molar-refractivity contribution < 1.29 is 14.6 Å². The molecular weight excluding hydrogens is 641 g/mol. The molecule has 0 aliphatic carbocycles. The molecule has 52 heavy (non-hydrogen) atoms. The molecule has 0 radical (unpaired) electrons. The lowest BCUT2D eigenvalue weighted by Gasteiger charge is -2.19. The Morgan fingerprint density at radius 3 is 1.00 bits per heavy atom. The lowest BCUT2D eigenvalue weighted by Crippen LogP contribution is -2.43. The molecule has 0 saturated carbocycles. The summed E-state index contributed by atoms with van der Waals surface area (Å²) in [6, 6.07) is 0. The van der Waals surface area contributed by atoms with Crippen molar-refractivity contribution in [2.24, 2.45) is 0 Å². The maximum Gasteiger partial charge on any atom is 0.0593 e. The summed E-state index contributed by atoms with van der Waals surface area (Å²) in [6.07, 6.45) is 52.7. The van der Waals surface area contributed by atoms with Gasteiger partial charge in [0.2, 0.25) is 0 Å². The molecule has 0 aliphatic heterocycles. The zero-order valence-corrected chi connectivity index (χ0v) is 35.4. The van der Waals surface area contributed by atoms with Crippen LogP contribution in [0.4, 0.5) is 0 Å². The first-order valence-corrected chi connectivity index (χ1v) is 23.4. The Bertz CT molecular complexity index is 632. The molecule has 5 heteroatoms. The standard InChI is InChI=1S/C47H94N2O3/c1-3-5-7-9-11-13-15-17-19-21-23-25-27-29-31-35-43-51-45-37-33-40-48-47(39-42-50)49-41-34-38-46-52-44-36-32-30-28-26-24-22-20-18-16-14-12-10-8-6-4-2/h17-20,47-50H,3-16,21-46H2,1-2H3/b19-17-,20-18-. The van der Waals surface area contributed by atoms with E-state index in [4.69, 9.17) is 9.47 Å². The summed E-state index contributed by atoms with van der Waals surface area (Å²) in [5, 5.41) is 16.6. The van der Waals surface area contributed by atoms with Gasteiger partial charge in [-0.3, -0.25) is 0 Å². The zero-order valence-electron chi connectivity index (χ0n) is 35.4. The van der Waals surface area contributed by atoms with Crippen LogP contribution >= 0.6 is 0 Å². The Kier molecular flexibility index (Phi) is 47.6. The maximum atomic E-state index is 9.47. The summed E-state index contributed by atoms with van der Waals surface area (Å²) in [4.78, 5) is 0. The van der Waals surface area contributed by atoms with Gasteiger partial charge in [-0.2, -0.15) is 0 Å². The maximum absolute atomic E-state index is 9.47. The highest BCUT2D eigenvalue weighted by molar-refractivity contribution is 4.82. The average molecular weight is 735 g/mol. The Hall–Kier alpha value is -0.720. The first kappa shape index (κ1) is 51.3. The van der Waals surface area contributed by atoms with Gasteiger partial charge < -0.3 is 25.2 Å². The van der Waals surface area contributed by atoms with Gasteiger partial charge >= 0.3 is 0 Å². The van der Waals surface area contributed by atoms with Crippen molar-refractivity contribution in [1.29, 1.82) is 0 Å². The van der Waals surface area contributed by atoms with Crippen molar-refractivity contribution in [3.63, 3.8) is 0 Å². The fourth-order valence-corrected chi connectivity index (χ4v) is 6.72. The predicted octanol–water partition coefficient (Wildman–Crippen LogP) is 13.5. The highest BCUT2D eigenvalue weighted by Crippen LogP contribution is 2.12. The number of rotatable bonds is 46. The molecule has 0 bridgehead atoms. The Morgan fingerprint density at radius 2 is 0.673 bits per heavy atom. The van der Waals surface area contributed by atoms with Gasteiger partial charge in [0.05, 0.1) is 6.17 Å². The second-order valence-electron chi connectivity index (χ2n) is 15.5. The van der Waals surface area contributed by atoms with Crippen molar-refractivity contribution in [3.05, 3.63) is 24.3 Å². The fraction of sp³-hybridized carbons (Fsp3) is 0.915. The van der Waals surface area contributed by atoms with Crippen LogP contribution in [0.15, 0.2) is 24.3 Å². The smallest absolute Gasteiger partial charge is 0.0593 e. The summed E-state index contributed by atoms with van der Waals surface area (Å²) in [7, 11) is 0. The molecular formula is C47H94N2O3. The van der Waals surface area contributed by atoms with Gasteiger partial charge in [-0.1, -0.05) is 154 Å². The first-order chi connectivity index (χ1) is 25.8. The van der Waals surface area contributed by atoms with Gasteiger partial charge in [0, 0.05) is 33.0 Å². The number of hydrogen-bond acceptors (Lipinski definition) is 5. The van der Waals surface area contributed by atoms with E-state index in [1.807, 2.05) is 0 Å². The van der Waals surface area contributed by atoms with Crippen LogP contribution in [0, 0.1) is 0 Å². The number of aliphatic hydroxyl groups is 1. The van der Waals surface area contributed by atoms with E-state index >= 15 is 0 Å². The Morgan fingerprint density at radius 1 is 0.385 bits per heavy atom. The van der Waals surface area contributed by atoms with E-state index in [1.54, 1.807) is 0 Å². The SMILES string of the molecule is CCCCCCCC/C=C\CCCCCCCCOCCCCNC(CCO)NCCCCOCCCCCCCC/C=C\CCCCCCCC. The molecule has 0 aromatic heterocycles. The normalized spacial score (nSPS) is 12.1. The van der Waals surface area contributed by atoms with Gasteiger partial charge in [0.15, 0.2) is 0 Å². The van der Waals surface area contributed by atoms with E-state index in [-0.39, 0.29) is 12.8 Å². The minimum Gasteiger partial charge on any atom is -0.396 e. The number of aliphatic hydroxyl groups excluding tert-OH is 1. The summed E-state index contributed by atoms with van der Waals surface area (Å²) in [5.41, 5.74) is 0. The van der Waals surface area contributed by atoms with Crippen molar-refractivity contribution >= 4 is 0 Å². The van der Waals surface area contributed by atoms with E-state index in [9.17, 15) is 5.11 Å². The first-order valence-electron chi connectivity index (χ1n) is 23.4. The number of ether oxygens (including phenoxy) is 2. The molecule has 0 spiro atoms. The molecule has 0 aromatic rings. The second kappa shape index (κ2) is 48.3. The molecule has 310 valence electrons. The van der Waals surface area contributed by atoms with Gasteiger partial charge in [0.1, 0.15) is 0 Å². The van der Waals surface area contributed by atoms with Crippen molar-refractivity contribution in [1.82, 2.24) is 10.6 Å². The second-order valence-corrected chi connectivity index (χ2v) is 15.5. The van der Waals surface area contributed by atoms with Crippen LogP contribution < -0.4 is 10.6 Å². The van der Waals surface area contributed by atoms with Gasteiger partial charge in [-0.05, 0) is 109 Å². The molecule has 0 aliphatic rings. The average Bonchev–Trinajstić information content (AvgIpc) is 3.15. The summed E-state index contributed by atoms with van der Waals surface area (Å²) >= 11 is 0. The van der Waals surface area contributed by atoms with E-state index in [0.717, 1.165) is 71.6 Å². The zero-order chi connectivity index (χ0) is 37.5. The van der Waals surface area contributed by atoms with Crippen molar-refractivity contribution in [2.45, 2.75) is 232 Å². The van der Waals surface area contributed by atoms with Crippen molar-refractivity contribution in [2.75, 3.05) is 46.1 Å². The fourth-order valence-electron chi connectivity index (χ4n) is 6.72. The topological polar surface area (TPSA) is 62.8 Å². The lowest BCUT2D eigenvalue weighted by atomic mass is 10.1. The third-order valence-electron chi connectivity index (χ3n) is 10.2. The van der Waals surface area contributed by atoms with Gasteiger partial charge in [-0.15, -0.1) is 0 Å². The van der Waals surface area contributed by atoms with Crippen LogP contribution in [-0.4, -0.2) is 57.4 Å². The third kappa shape index (κ3) is 45.4. The molecule has 3 N–H and O–H groups in total. The summed E-state index contributed by atoms with van der Waals surface area (Å²) < 4.78 is 11.8. The predicted molar refractivity (Wildman–Crippen MR) is 231 cm³/mol. The Balaban J connectivity index is 3.36. The monoisotopic (exact) mass is 735 g/mol. The minimum absolute atomic E-state index is 0.189. The highest BCUT2D eigenvalue weighted by atomic mass is 16.5. The highest BCUT2D eigenvalue weighted by Gasteiger charge is 2.06. The third-order valence-corrected chi connectivity index (χ3v) is 10.2. The molecule has 0 saturated heterocycles. The van der Waals surface area contributed by atoms with E-state index in [1.165, 1.54) is 180 Å². The molecule has 0 heterocycles. The quantitative estimate of drug-likeness (QED) is 0.0330. The molecule has 0 unspecified atom stereocenters. The molecule has 5 nitrogen and oxygen atoms in total. The molecule has 0 aromatic carbocycles. The van der Waals surface area contributed by atoms with Crippen molar-refractivity contribution in [3.8, 4) is 0 Å². The molecule has 0 rings (SSSR count). The number of hydrogen-bond donors (Lipinski definition) is 3. The summed E-state index contributed by atoms with van der Waals surface area (Å²) in [5.74, 6) is 0. The molecule has 0 fully saturated rings. The van der Waals surface area contributed by atoms with Gasteiger partial charge in [-0.25, -0.2) is 0 Å². The number of allylic oxidation sites excluding steroid dienone is 4. The molecule has 0 atom stereocenters. The van der Waals surface area contributed by atoms with Gasteiger partial charge in [0.25, 0.3) is 0 Å². The minimum atomic E-state index is 0.189. The van der Waals surface area contributed by atoms with Crippen LogP contribution in [0.5, 0.6) is 0 Å². The van der Waals surface area contributed by atoms with Crippen LogP contribution in [0.3, 0.4) is 0 Å². The van der Waals surface area contributed by atoms with Crippen LogP contribution in [0.2, 0.25) is 0 Å². The summed E-state index contributed by atoms with van der Waals surface area (Å²) in [6.45, 7) is 10.3. The largest absolute Gasteiger partial charge is 0.396 e. The number of unbranched alkanes of at least 4 members (excludes halogenated alkanes) is 26.